The van der Waals surface area contributed by atoms with Crippen LogP contribution in [0.15, 0.2) is 42.5 Å². The number of hydrogen-bond donors (Lipinski definition) is 0. The minimum atomic E-state index is -0.806. The summed E-state index contributed by atoms with van der Waals surface area (Å²) in [6.45, 7) is 1.13. The van der Waals surface area contributed by atoms with Crippen LogP contribution in [0, 0.1) is 17.5 Å². The number of amides is 2. The van der Waals surface area contributed by atoms with Crippen LogP contribution in [0.3, 0.4) is 0 Å². The number of piperazine rings is 1. The van der Waals surface area contributed by atoms with Crippen LogP contribution in [0.1, 0.15) is 16.8 Å². The highest BCUT2D eigenvalue weighted by atomic mass is 19.1. The summed E-state index contributed by atoms with van der Waals surface area (Å²) in [5.41, 5.74) is -0.0857. The smallest absolute Gasteiger partial charge is 0.254 e. The molecular formula is C21H20F3N3O2. The Labute approximate surface area is 166 Å². The van der Waals surface area contributed by atoms with E-state index in [4.69, 9.17) is 0 Å². The molecule has 29 heavy (non-hydrogen) atoms. The molecule has 0 radical (unpaired) electrons. The summed E-state index contributed by atoms with van der Waals surface area (Å²) in [6, 6.07) is 8.60. The van der Waals surface area contributed by atoms with Crippen LogP contribution in [-0.4, -0.2) is 60.4 Å². The van der Waals surface area contributed by atoms with E-state index < -0.39 is 28.9 Å². The highest BCUT2D eigenvalue weighted by molar-refractivity contribution is 5.97. The van der Waals surface area contributed by atoms with Crippen molar-refractivity contribution in [2.24, 2.45) is 0 Å². The molecule has 152 valence electrons. The standard InChI is InChI=1S/C21H20F3N3O2/c1-25-11-19(28)27(18-4-2-3-15(22)10-18)13-21(25)5-6-26(12-21)20(29)14-7-16(23)9-17(24)8-14/h2-4,7-10H,5-6,11-13H2,1H3. The van der Waals surface area contributed by atoms with Gasteiger partial charge >= 0.3 is 0 Å². The van der Waals surface area contributed by atoms with Crippen molar-refractivity contribution in [3.8, 4) is 0 Å². The Morgan fingerprint density at radius 1 is 1.00 bits per heavy atom. The molecule has 1 unspecified atom stereocenters. The van der Waals surface area contributed by atoms with E-state index in [1.807, 2.05) is 11.9 Å². The first-order valence-corrected chi connectivity index (χ1v) is 9.30. The fourth-order valence-electron chi connectivity index (χ4n) is 4.17. The summed E-state index contributed by atoms with van der Waals surface area (Å²) < 4.78 is 40.7. The molecule has 2 aliphatic rings. The summed E-state index contributed by atoms with van der Waals surface area (Å²) in [4.78, 5) is 30.3. The third-order valence-electron chi connectivity index (χ3n) is 5.78. The highest BCUT2D eigenvalue weighted by Crippen LogP contribution is 2.34. The second-order valence-corrected chi connectivity index (χ2v) is 7.67. The van der Waals surface area contributed by atoms with Crippen molar-refractivity contribution in [2.45, 2.75) is 12.0 Å². The third kappa shape index (κ3) is 3.60. The molecule has 4 rings (SSSR count). The van der Waals surface area contributed by atoms with Crippen molar-refractivity contribution in [3.05, 3.63) is 65.5 Å². The second-order valence-electron chi connectivity index (χ2n) is 7.67. The Balaban J connectivity index is 1.57. The molecule has 5 nitrogen and oxygen atoms in total. The van der Waals surface area contributed by atoms with E-state index in [-0.39, 0.29) is 18.0 Å². The van der Waals surface area contributed by atoms with Crippen LogP contribution in [0.4, 0.5) is 18.9 Å². The van der Waals surface area contributed by atoms with Gasteiger partial charge in [0.15, 0.2) is 0 Å². The van der Waals surface area contributed by atoms with Crippen LogP contribution in [0.5, 0.6) is 0 Å². The van der Waals surface area contributed by atoms with E-state index in [1.165, 1.54) is 12.1 Å². The predicted molar refractivity (Wildman–Crippen MR) is 101 cm³/mol. The van der Waals surface area contributed by atoms with Gasteiger partial charge in [-0.1, -0.05) is 6.07 Å². The SMILES string of the molecule is CN1CC(=O)N(c2cccc(F)c2)CC12CCN(C(=O)c1cc(F)cc(F)c1)C2. The number of nitrogens with zero attached hydrogens (tertiary/aromatic N) is 3. The van der Waals surface area contributed by atoms with Gasteiger partial charge in [-0.25, -0.2) is 13.2 Å². The lowest BCUT2D eigenvalue weighted by Crippen LogP contribution is -2.64. The maximum absolute atomic E-state index is 13.7. The lowest BCUT2D eigenvalue weighted by atomic mass is 9.92. The van der Waals surface area contributed by atoms with Crippen molar-refractivity contribution in [2.75, 3.05) is 38.1 Å². The van der Waals surface area contributed by atoms with E-state index in [0.717, 1.165) is 18.2 Å². The van der Waals surface area contributed by atoms with Crippen LogP contribution < -0.4 is 4.90 Å². The van der Waals surface area contributed by atoms with Gasteiger partial charge in [-0.2, -0.15) is 0 Å². The van der Waals surface area contributed by atoms with Crippen LogP contribution in [-0.2, 0) is 4.79 Å². The summed E-state index contributed by atoms with van der Waals surface area (Å²) in [7, 11) is 1.82. The normalized spacial score (nSPS) is 22.6. The van der Waals surface area contributed by atoms with Crippen LogP contribution in [0.2, 0.25) is 0 Å². The topological polar surface area (TPSA) is 43.9 Å². The van der Waals surface area contributed by atoms with Crippen LogP contribution in [0.25, 0.3) is 0 Å². The Kier molecular flexibility index (Phi) is 4.82. The molecule has 0 saturated carbocycles. The van der Waals surface area contributed by atoms with Gasteiger partial charge in [0.25, 0.3) is 5.91 Å². The average molecular weight is 403 g/mol. The molecule has 0 bridgehead atoms. The summed E-state index contributed by atoms with van der Waals surface area (Å²) in [5.74, 6) is -2.65. The minimum Gasteiger partial charge on any atom is -0.337 e. The lowest BCUT2D eigenvalue weighted by Gasteiger charge is -2.46. The number of carbonyl (C=O) groups is 2. The molecule has 2 amide bonds. The van der Waals surface area contributed by atoms with Crippen molar-refractivity contribution in [1.29, 1.82) is 0 Å². The van der Waals surface area contributed by atoms with Gasteiger partial charge in [0.2, 0.25) is 5.91 Å². The van der Waals surface area contributed by atoms with Gasteiger partial charge in [0.1, 0.15) is 17.5 Å². The molecule has 2 saturated heterocycles. The molecule has 0 aliphatic carbocycles. The Morgan fingerprint density at radius 2 is 1.72 bits per heavy atom. The van der Waals surface area contributed by atoms with Gasteiger partial charge in [0, 0.05) is 37.0 Å². The number of hydrogen-bond acceptors (Lipinski definition) is 3. The fraction of sp³-hybridized carbons (Fsp3) is 0.333. The van der Waals surface area contributed by atoms with Crippen molar-refractivity contribution >= 4 is 17.5 Å². The van der Waals surface area contributed by atoms with E-state index in [2.05, 4.69) is 0 Å². The Bertz CT molecular complexity index is 963. The number of rotatable bonds is 2. The van der Waals surface area contributed by atoms with Crippen molar-refractivity contribution in [1.82, 2.24) is 9.80 Å². The van der Waals surface area contributed by atoms with Crippen molar-refractivity contribution < 1.29 is 22.8 Å². The molecule has 0 N–H and O–H groups in total. The highest BCUT2D eigenvalue weighted by Gasteiger charge is 2.48. The molecule has 2 aromatic rings. The number of likely N-dealkylation sites (tertiary alicyclic amines) is 1. The minimum absolute atomic E-state index is 0.0453. The zero-order chi connectivity index (χ0) is 20.8. The monoisotopic (exact) mass is 403 g/mol. The average Bonchev–Trinajstić information content (AvgIpc) is 3.09. The zero-order valence-corrected chi connectivity index (χ0v) is 15.9. The van der Waals surface area contributed by atoms with E-state index in [0.29, 0.717) is 31.7 Å². The number of benzene rings is 2. The van der Waals surface area contributed by atoms with E-state index in [1.54, 1.807) is 21.9 Å². The molecule has 1 atom stereocenters. The third-order valence-corrected chi connectivity index (χ3v) is 5.78. The molecule has 8 heteroatoms. The first-order valence-electron chi connectivity index (χ1n) is 9.30. The number of likely N-dealkylation sites (N-methyl/N-ethyl adjacent to an activating group) is 1. The largest absolute Gasteiger partial charge is 0.337 e. The maximum atomic E-state index is 13.7. The van der Waals surface area contributed by atoms with Crippen LogP contribution >= 0.6 is 0 Å². The van der Waals surface area contributed by atoms with Gasteiger partial charge in [-0.15, -0.1) is 0 Å². The zero-order valence-electron chi connectivity index (χ0n) is 15.9. The number of halogens is 3. The summed E-state index contributed by atoms with van der Waals surface area (Å²) in [5, 5.41) is 0. The van der Waals surface area contributed by atoms with Gasteiger partial charge in [-0.05, 0) is 43.8 Å². The quantitative estimate of drug-likeness (QED) is 0.775. The molecule has 2 fully saturated rings. The van der Waals surface area contributed by atoms with Gasteiger partial charge < -0.3 is 9.80 Å². The molecule has 2 heterocycles. The molecule has 0 aromatic heterocycles. The summed E-state index contributed by atoms with van der Waals surface area (Å²) in [6.07, 6.45) is 0.589. The molecular weight excluding hydrogens is 383 g/mol. The molecule has 2 aliphatic heterocycles. The second kappa shape index (κ2) is 7.18. The summed E-state index contributed by atoms with van der Waals surface area (Å²) >= 11 is 0. The first-order chi connectivity index (χ1) is 13.8. The maximum Gasteiger partial charge on any atom is 0.254 e. The van der Waals surface area contributed by atoms with E-state index in [9.17, 15) is 22.8 Å². The van der Waals surface area contributed by atoms with E-state index >= 15 is 0 Å². The lowest BCUT2D eigenvalue weighted by molar-refractivity contribution is -0.123. The van der Waals surface area contributed by atoms with Crippen molar-refractivity contribution in [3.63, 3.8) is 0 Å². The fourth-order valence-corrected chi connectivity index (χ4v) is 4.17. The Hall–Kier alpha value is -2.87. The number of carbonyl (C=O) groups excluding carboxylic acids is 2. The molecule has 1 spiro atoms. The van der Waals surface area contributed by atoms with Gasteiger partial charge in [-0.3, -0.25) is 14.5 Å². The Morgan fingerprint density at radius 3 is 2.41 bits per heavy atom. The number of anilines is 1. The first kappa shape index (κ1) is 19.4. The van der Waals surface area contributed by atoms with Gasteiger partial charge in [0.05, 0.1) is 12.1 Å². The predicted octanol–water partition coefficient (Wildman–Crippen LogP) is 2.67. The molecule has 2 aromatic carbocycles.